The Morgan fingerprint density at radius 1 is 1.40 bits per heavy atom. The maximum atomic E-state index is 11.5. The monoisotopic (exact) mass is 302 g/mol. The van der Waals surface area contributed by atoms with Crippen LogP contribution in [0.15, 0.2) is 18.2 Å². The molecular formula is C12H18N2O5S. The largest absolute Gasteiger partial charge is 0.497 e. The van der Waals surface area contributed by atoms with Crippen LogP contribution in [0, 0.1) is 0 Å². The topological polar surface area (TPSA) is 105 Å². The van der Waals surface area contributed by atoms with Crippen molar-refractivity contribution in [1.82, 2.24) is 4.72 Å². The smallest absolute Gasteiger partial charge is 0.337 e. The van der Waals surface area contributed by atoms with E-state index in [1.165, 1.54) is 25.3 Å². The summed E-state index contributed by atoms with van der Waals surface area (Å²) in [6.07, 6.45) is 0. The first-order chi connectivity index (χ1) is 9.39. The Morgan fingerprint density at radius 3 is 2.65 bits per heavy atom. The molecule has 0 aliphatic rings. The van der Waals surface area contributed by atoms with Gasteiger partial charge in [0, 0.05) is 19.2 Å². The quantitative estimate of drug-likeness (QED) is 0.654. The lowest BCUT2D eigenvalue weighted by molar-refractivity contribution is 0.0698. The number of sulfonamides is 1. The molecule has 8 heteroatoms. The molecule has 0 amide bonds. The number of ether oxygens (including phenoxy) is 1. The van der Waals surface area contributed by atoms with Crippen molar-refractivity contribution in [3.8, 4) is 5.75 Å². The van der Waals surface area contributed by atoms with Crippen molar-refractivity contribution in [3.63, 3.8) is 0 Å². The zero-order chi connectivity index (χ0) is 15.2. The number of nitrogens with one attached hydrogen (secondary N) is 2. The van der Waals surface area contributed by atoms with Gasteiger partial charge in [-0.1, -0.05) is 6.92 Å². The minimum atomic E-state index is -3.34. The van der Waals surface area contributed by atoms with Crippen LogP contribution in [0.4, 0.5) is 5.69 Å². The Kier molecular flexibility index (Phi) is 5.78. The van der Waals surface area contributed by atoms with Crippen molar-refractivity contribution < 1.29 is 23.1 Å². The van der Waals surface area contributed by atoms with Gasteiger partial charge in [0.2, 0.25) is 10.0 Å². The Hall–Kier alpha value is -1.80. The molecule has 0 heterocycles. The van der Waals surface area contributed by atoms with E-state index in [1.807, 2.05) is 0 Å². The van der Waals surface area contributed by atoms with Crippen molar-refractivity contribution in [2.45, 2.75) is 6.92 Å². The van der Waals surface area contributed by atoms with Gasteiger partial charge in [0.1, 0.15) is 5.75 Å². The van der Waals surface area contributed by atoms with Crippen LogP contribution in [0.3, 0.4) is 0 Å². The molecule has 1 aromatic carbocycles. The number of benzene rings is 1. The van der Waals surface area contributed by atoms with Crippen molar-refractivity contribution >= 4 is 21.7 Å². The van der Waals surface area contributed by atoms with Crippen LogP contribution in [-0.2, 0) is 10.0 Å². The Morgan fingerprint density at radius 2 is 2.10 bits per heavy atom. The Labute approximate surface area is 118 Å². The fourth-order valence-corrected chi connectivity index (χ4v) is 2.55. The van der Waals surface area contributed by atoms with E-state index in [-0.39, 0.29) is 17.9 Å². The van der Waals surface area contributed by atoms with E-state index in [0.717, 1.165) is 0 Å². The summed E-state index contributed by atoms with van der Waals surface area (Å²) in [5, 5.41) is 11.9. The molecule has 0 saturated carbocycles. The fraction of sp³-hybridized carbons (Fsp3) is 0.417. The molecule has 0 spiro atoms. The third-order valence-electron chi connectivity index (χ3n) is 2.51. The molecule has 1 aromatic rings. The van der Waals surface area contributed by atoms with E-state index in [2.05, 4.69) is 10.0 Å². The highest BCUT2D eigenvalue weighted by Crippen LogP contribution is 2.22. The summed E-state index contributed by atoms with van der Waals surface area (Å²) in [6, 6.07) is 4.45. The molecule has 7 nitrogen and oxygen atoms in total. The van der Waals surface area contributed by atoms with Gasteiger partial charge in [0.15, 0.2) is 0 Å². The minimum Gasteiger partial charge on any atom is -0.497 e. The normalized spacial score (nSPS) is 11.1. The van der Waals surface area contributed by atoms with Gasteiger partial charge < -0.3 is 15.2 Å². The van der Waals surface area contributed by atoms with E-state index < -0.39 is 16.0 Å². The third kappa shape index (κ3) is 4.71. The summed E-state index contributed by atoms with van der Waals surface area (Å²) in [5.41, 5.74) is 0.384. The first kappa shape index (κ1) is 16.3. The van der Waals surface area contributed by atoms with E-state index in [1.54, 1.807) is 6.92 Å². The highest BCUT2D eigenvalue weighted by molar-refractivity contribution is 7.89. The molecule has 0 aliphatic heterocycles. The number of methoxy groups -OCH3 is 1. The molecule has 0 saturated heterocycles. The van der Waals surface area contributed by atoms with Crippen LogP contribution in [0.2, 0.25) is 0 Å². The zero-order valence-corrected chi connectivity index (χ0v) is 12.2. The standard InChI is InChI=1S/C12H18N2O5S/c1-3-14-20(17,18)7-6-13-11-8-9(19-2)4-5-10(11)12(15)16/h4-5,8,13-14H,3,6-7H2,1-2H3,(H,15,16). The second-order valence-electron chi connectivity index (χ2n) is 3.96. The number of carboxylic acid groups (broad SMARTS) is 1. The molecule has 0 fully saturated rings. The lowest BCUT2D eigenvalue weighted by Crippen LogP contribution is -2.29. The predicted molar refractivity (Wildman–Crippen MR) is 75.9 cm³/mol. The van der Waals surface area contributed by atoms with E-state index >= 15 is 0 Å². The number of anilines is 1. The summed E-state index contributed by atoms with van der Waals surface area (Å²) in [5.74, 6) is -0.742. The van der Waals surface area contributed by atoms with Crippen LogP contribution in [0.25, 0.3) is 0 Å². The van der Waals surface area contributed by atoms with Gasteiger partial charge in [-0.2, -0.15) is 0 Å². The van der Waals surface area contributed by atoms with Gasteiger partial charge in [0.05, 0.1) is 24.1 Å². The van der Waals surface area contributed by atoms with Gasteiger partial charge >= 0.3 is 5.97 Å². The molecule has 0 radical (unpaired) electrons. The van der Waals surface area contributed by atoms with Crippen LogP contribution in [0.1, 0.15) is 17.3 Å². The second-order valence-corrected chi connectivity index (χ2v) is 5.89. The van der Waals surface area contributed by atoms with Crippen molar-refractivity contribution in [2.24, 2.45) is 0 Å². The molecule has 0 aromatic heterocycles. The number of hydrogen-bond donors (Lipinski definition) is 3. The summed E-state index contributed by atoms with van der Waals surface area (Å²) < 4.78 is 30.3. The summed E-state index contributed by atoms with van der Waals surface area (Å²) in [4.78, 5) is 11.1. The highest BCUT2D eigenvalue weighted by Gasteiger charge is 2.13. The molecule has 20 heavy (non-hydrogen) atoms. The number of carbonyl (C=O) groups is 1. The number of carboxylic acids is 1. The van der Waals surface area contributed by atoms with Crippen LogP contribution in [0.5, 0.6) is 5.75 Å². The van der Waals surface area contributed by atoms with Crippen LogP contribution in [-0.4, -0.2) is 45.4 Å². The molecule has 112 valence electrons. The van der Waals surface area contributed by atoms with Crippen molar-refractivity contribution in [2.75, 3.05) is 31.3 Å². The number of hydrogen-bond acceptors (Lipinski definition) is 5. The van der Waals surface area contributed by atoms with Gasteiger partial charge in [-0.05, 0) is 12.1 Å². The lowest BCUT2D eigenvalue weighted by Gasteiger charge is -2.11. The van der Waals surface area contributed by atoms with Gasteiger partial charge in [0.25, 0.3) is 0 Å². The number of rotatable bonds is 8. The Balaban J connectivity index is 2.78. The predicted octanol–water partition coefficient (Wildman–Crippen LogP) is 0.745. The average Bonchev–Trinajstić information content (AvgIpc) is 2.37. The summed E-state index contributed by atoms with van der Waals surface area (Å²) in [6.45, 7) is 2.11. The SMILES string of the molecule is CCNS(=O)(=O)CCNc1cc(OC)ccc1C(=O)O. The van der Waals surface area contributed by atoms with Crippen LogP contribution >= 0.6 is 0 Å². The van der Waals surface area contributed by atoms with Crippen LogP contribution < -0.4 is 14.8 Å². The van der Waals surface area contributed by atoms with Crippen molar-refractivity contribution in [1.29, 1.82) is 0 Å². The lowest BCUT2D eigenvalue weighted by atomic mass is 10.1. The number of aromatic carboxylic acids is 1. The van der Waals surface area contributed by atoms with E-state index in [0.29, 0.717) is 18.0 Å². The molecule has 0 unspecified atom stereocenters. The Bertz CT molecular complexity index is 571. The molecular weight excluding hydrogens is 284 g/mol. The minimum absolute atomic E-state index is 0.0617. The van der Waals surface area contributed by atoms with E-state index in [4.69, 9.17) is 9.84 Å². The van der Waals surface area contributed by atoms with Gasteiger partial charge in [-0.3, -0.25) is 0 Å². The molecule has 3 N–H and O–H groups in total. The maximum absolute atomic E-state index is 11.5. The van der Waals surface area contributed by atoms with Crippen molar-refractivity contribution in [3.05, 3.63) is 23.8 Å². The zero-order valence-electron chi connectivity index (χ0n) is 11.3. The molecule has 0 atom stereocenters. The van der Waals surface area contributed by atoms with E-state index in [9.17, 15) is 13.2 Å². The summed E-state index contributed by atoms with van der Waals surface area (Å²) in [7, 11) is -1.87. The fourth-order valence-electron chi connectivity index (χ4n) is 1.60. The molecule has 0 bridgehead atoms. The second kappa shape index (κ2) is 7.11. The molecule has 0 aliphatic carbocycles. The maximum Gasteiger partial charge on any atom is 0.337 e. The first-order valence-electron chi connectivity index (χ1n) is 6.02. The van der Waals surface area contributed by atoms with Gasteiger partial charge in [-0.15, -0.1) is 0 Å². The first-order valence-corrected chi connectivity index (χ1v) is 7.67. The average molecular weight is 302 g/mol. The third-order valence-corrected chi connectivity index (χ3v) is 3.98. The summed E-state index contributed by atoms with van der Waals surface area (Å²) >= 11 is 0. The highest BCUT2D eigenvalue weighted by atomic mass is 32.2. The molecule has 1 rings (SSSR count). The van der Waals surface area contributed by atoms with Gasteiger partial charge in [-0.25, -0.2) is 17.9 Å².